The summed E-state index contributed by atoms with van der Waals surface area (Å²) in [4.78, 5) is 17.0. The molecule has 2 aromatic heterocycles. The molecule has 0 saturated heterocycles. The molecule has 2 aromatic carbocycles. The summed E-state index contributed by atoms with van der Waals surface area (Å²) in [5, 5.41) is 5.96. The lowest BCUT2D eigenvalue weighted by Crippen LogP contribution is -2.27. The SMILES string of the molecule is Cc1cc(-c2cnc3c(NCCC(F)(F)F)cc(Oc4cccc(Cl)c4)cn23)ccc1C(=O)NC1C[C@@H]1F. The Morgan fingerprint density at radius 3 is 2.66 bits per heavy atom. The molecule has 1 aliphatic carbocycles. The number of benzene rings is 2. The molecule has 0 bridgehead atoms. The van der Waals surface area contributed by atoms with Gasteiger partial charge in [0.05, 0.1) is 36.2 Å². The highest BCUT2D eigenvalue weighted by molar-refractivity contribution is 6.30. The second kappa shape index (κ2) is 10.2. The first-order valence-corrected chi connectivity index (χ1v) is 12.3. The minimum atomic E-state index is -4.31. The molecular weight excluding hydrogens is 524 g/mol. The topological polar surface area (TPSA) is 67.7 Å². The number of ether oxygens (including phenoxy) is 1. The lowest BCUT2D eigenvalue weighted by Gasteiger charge is -2.14. The Balaban J connectivity index is 1.49. The number of imidazole rings is 1. The van der Waals surface area contributed by atoms with E-state index in [1.165, 1.54) is 0 Å². The van der Waals surface area contributed by atoms with E-state index in [2.05, 4.69) is 15.6 Å². The fourth-order valence-corrected chi connectivity index (χ4v) is 4.28. The summed E-state index contributed by atoms with van der Waals surface area (Å²) in [5.41, 5.74) is 3.24. The van der Waals surface area contributed by atoms with Crippen molar-refractivity contribution in [1.29, 1.82) is 0 Å². The first-order valence-electron chi connectivity index (χ1n) is 11.9. The third-order valence-electron chi connectivity index (χ3n) is 6.13. The Bertz CT molecular complexity index is 1500. The van der Waals surface area contributed by atoms with Crippen LogP contribution < -0.4 is 15.4 Å². The molecule has 4 aromatic rings. The van der Waals surface area contributed by atoms with Crippen LogP contribution in [0.4, 0.5) is 23.2 Å². The van der Waals surface area contributed by atoms with E-state index in [0.717, 1.165) is 5.56 Å². The van der Waals surface area contributed by atoms with Gasteiger partial charge in [-0.3, -0.25) is 9.20 Å². The average molecular weight is 547 g/mol. The van der Waals surface area contributed by atoms with Gasteiger partial charge in [-0.1, -0.05) is 23.7 Å². The highest BCUT2D eigenvalue weighted by Crippen LogP contribution is 2.33. The van der Waals surface area contributed by atoms with Crippen molar-refractivity contribution in [3.8, 4) is 22.8 Å². The normalized spacial score (nSPS) is 16.9. The molecule has 2 N–H and O–H groups in total. The van der Waals surface area contributed by atoms with Crippen molar-refractivity contribution >= 4 is 28.8 Å². The lowest BCUT2D eigenvalue weighted by atomic mass is 10.0. The van der Waals surface area contributed by atoms with Crippen LogP contribution in [0.1, 0.15) is 28.8 Å². The van der Waals surface area contributed by atoms with Crippen molar-refractivity contribution in [2.75, 3.05) is 11.9 Å². The van der Waals surface area contributed by atoms with Gasteiger partial charge in [0.1, 0.15) is 17.7 Å². The molecule has 2 atom stereocenters. The van der Waals surface area contributed by atoms with Gasteiger partial charge in [0.25, 0.3) is 5.91 Å². The van der Waals surface area contributed by atoms with E-state index in [1.54, 1.807) is 72.2 Å². The van der Waals surface area contributed by atoms with Crippen LogP contribution >= 0.6 is 11.6 Å². The van der Waals surface area contributed by atoms with E-state index < -0.39 is 24.8 Å². The molecule has 6 nitrogen and oxygen atoms in total. The number of amides is 1. The highest BCUT2D eigenvalue weighted by Gasteiger charge is 2.39. The molecule has 0 spiro atoms. The van der Waals surface area contributed by atoms with Crippen LogP contribution in [0.5, 0.6) is 11.5 Å². The Hall–Kier alpha value is -3.79. The number of carbonyl (C=O) groups excluding carboxylic acids is 1. The van der Waals surface area contributed by atoms with Crippen LogP contribution in [0.15, 0.2) is 60.9 Å². The number of halogens is 5. The van der Waals surface area contributed by atoms with Crippen LogP contribution in [-0.2, 0) is 0 Å². The van der Waals surface area contributed by atoms with Crippen molar-refractivity contribution < 1.29 is 27.1 Å². The zero-order chi connectivity index (χ0) is 27.0. The second-order valence-electron chi connectivity index (χ2n) is 9.14. The molecule has 1 aliphatic rings. The molecule has 1 fully saturated rings. The molecule has 1 amide bonds. The van der Waals surface area contributed by atoms with Crippen LogP contribution in [0.25, 0.3) is 16.9 Å². The van der Waals surface area contributed by atoms with Crippen LogP contribution in [0.2, 0.25) is 5.02 Å². The Labute approximate surface area is 220 Å². The van der Waals surface area contributed by atoms with Crippen molar-refractivity contribution in [1.82, 2.24) is 14.7 Å². The summed E-state index contributed by atoms with van der Waals surface area (Å²) in [6.07, 6.45) is -2.73. The van der Waals surface area contributed by atoms with Crippen LogP contribution in [0.3, 0.4) is 0 Å². The van der Waals surface area contributed by atoms with Gasteiger partial charge < -0.3 is 15.4 Å². The average Bonchev–Trinajstić information content (AvgIpc) is 3.35. The number of hydrogen-bond acceptors (Lipinski definition) is 4. The number of anilines is 1. The van der Waals surface area contributed by atoms with E-state index in [0.29, 0.717) is 51.1 Å². The molecule has 38 heavy (non-hydrogen) atoms. The smallest absolute Gasteiger partial charge is 0.390 e. The number of nitrogens with one attached hydrogen (secondary N) is 2. The van der Waals surface area contributed by atoms with Crippen molar-refractivity contribution in [2.45, 2.75) is 38.2 Å². The number of alkyl halides is 4. The Kier molecular flexibility index (Phi) is 6.92. The standard InChI is InChI=1S/C27H23ClF4N4O2/c1-15-9-16(5-6-20(15)26(37)35-22-12-21(22)29)24-13-34-25-23(33-8-7-27(30,31)32)11-19(14-36(24)25)38-18-4-2-3-17(28)10-18/h2-6,9-11,13-14,21-22,33H,7-8,12H2,1H3,(H,35,37)/t21-,22?/m0/s1. The van der Waals surface area contributed by atoms with Gasteiger partial charge in [-0.2, -0.15) is 13.2 Å². The number of rotatable bonds is 8. The molecular formula is C27H23ClF4N4O2. The molecule has 5 rings (SSSR count). The summed E-state index contributed by atoms with van der Waals surface area (Å²) < 4.78 is 59.2. The van der Waals surface area contributed by atoms with Gasteiger partial charge in [-0.25, -0.2) is 9.37 Å². The predicted octanol–water partition coefficient (Wildman–Crippen LogP) is 6.96. The summed E-state index contributed by atoms with van der Waals surface area (Å²) >= 11 is 6.06. The van der Waals surface area contributed by atoms with Crippen LogP contribution in [0, 0.1) is 6.92 Å². The number of aryl methyl sites for hydroxylation is 1. The molecule has 0 radical (unpaired) electrons. The molecule has 2 heterocycles. The maximum atomic E-state index is 13.2. The summed E-state index contributed by atoms with van der Waals surface area (Å²) in [5.74, 6) is 0.467. The maximum Gasteiger partial charge on any atom is 0.390 e. The fourth-order valence-electron chi connectivity index (χ4n) is 4.10. The largest absolute Gasteiger partial charge is 0.456 e. The number of aromatic nitrogens is 2. The minimum absolute atomic E-state index is 0.323. The van der Waals surface area contributed by atoms with Gasteiger partial charge in [0.2, 0.25) is 0 Å². The van der Waals surface area contributed by atoms with E-state index in [1.807, 2.05) is 0 Å². The van der Waals surface area contributed by atoms with Gasteiger partial charge in [-0.15, -0.1) is 0 Å². The number of nitrogens with zero attached hydrogens (tertiary/aromatic N) is 2. The van der Waals surface area contributed by atoms with E-state index in [-0.39, 0.29) is 12.5 Å². The number of carbonyl (C=O) groups is 1. The molecule has 11 heteroatoms. The quantitative estimate of drug-likeness (QED) is 0.234. The number of pyridine rings is 1. The minimum Gasteiger partial charge on any atom is -0.456 e. The zero-order valence-electron chi connectivity index (χ0n) is 20.2. The molecule has 1 unspecified atom stereocenters. The summed E-state index contributed by atoms with van der Waals surface area (Å²) in [6.45, 7) is 1.44. The van der Waals surface area contributed by atoms with Crippen molar-refractivity contribution in [3.63, 3.8) is 0 Å². The van der Waals surface area contributed by atoms with E-state index >= 15 is 0 Å². The first-order chi connectivity index (χ1) is 18.1. The third kappa shape index (κ3) is 5.85. The zero-order valence-corrected chi connectivity index (χ0v) is 20.9. The Morgan fingerprint density at radius 2 is 1.97 bits per heavy atom. The fraction of sp³-hybridized carbons (Fsp3) is 0.259. The number of fused-ring (bicyclic) bond motifs is 1. The summed E-state index contributed by atoms with van der Waals surface area (Å²) in [6, 6.07) is 13.1. The Morgan fingerprint density at radius 1 is 1.18 bits per heavy atom. The van der Waals surface area contributed by atoms with Gasteiger partial charge in [0, 0.05) is 35.2 Å². The third-order valence-corrected chi connectivity index (χ3v) is 6.37. The van der Waals surface area contributed by atoms with Crippen molar-refractivity contribution in [3.05, 3.63) is 77.1 Å². The van der Waals surface area contributed by atoms with Gasteiger partial charge in [-0.05, 0) is 42.8 Å². The first kappa shape index (κ1) is 25.8. The monoisotopic (exact) mass is 546 g/mol. The maximum absolute atomic E-state index is 13.2. The van der Waals surface area contributed by atoms with E-state index in [4.69, 9.17) is 16.3 Å². The molecule has 0 aliphatic heterocycles. The summed E-state index contributed by atoms with van der Waals surface area (Å²) in [7, 11) is 0. The van der Waals surface area contributed by atoms with Gasteiger partial charge >= 0.3 is 6.18 Å². The van der Waals surface area contributed by atoms with Gasteiger partial charge in [0.15, 0.2) is 5.65 Å². The molecule has 198 valence electrons. The predicted molar refractivity (Wildman–Crippen MR) is 137 cm³/mol. The highest BCUT2D eigenvalue weighted by atomic mass is 35.5. The van der Waals surface area contributed by atoms with E-state index in [9.17, 15) is 22.4 Å². The van der Waals surface area contributed by atoms with Crippen molar-refractivity contribution in [2.24, 2.45) is 0 Å². The molecule has 1 saturated carbocycles. The lowest BCUT2D eigenvalue weighted by molar-refractivity contribution is -0.131. The van der Waals surface area contributed by atoms with Crippen LogP contribution in [-0.4, -0.2) is 40.2 Å². The number of hydrogen-bond donors (Lipinski definition) is 2. The second-order valence-corrected chi connectivity index (χ2v) is 9.58.